The fourth-order valence-corrected chi connectivity index (χ4v) is 8.45. The van der Waals surface area contributed by atoms with Gasteiger partial charge in [-0.25, -0.2) is 0 Å². The average molecular weight is 601 g/mol. The number of benzene rings is 1. The summed E-state index contributed by atoms with van der Waals surface area (Å²) in [5.41, 5.74) is 3.88. The number of nitrogens with one attached hydrogen (secondary N) is 1. The molecule has 228 valence electrons. The number of rotatable bonds is 7. The normalized spacial score (nSPS) is 28.1. The van der Waals surface area contributed by atoms with E-state index in [-0.39, 0.29) is 29.7 Å². The summed E-state index contributed by atoms with van der Waals surface area (Å²) in [4.78, 5) is 42.9. The lowest BCUT2D eigenvalue weighted by Gasteiger charge is -2.50. The Kier molecular flexibility index (Phi) is 8.12. The summed E-state index contributed by atoms with van der Waals surface area (Å²) < 4.78 is 0. The SMILES string of the molecule is CN(C)c1cc(CNCC2CCSCC2)c(O)c2c1C[C@H]1C[C@H]3C(N(C)C)C(=O)C(C(N)=O)=C(O)[C@@]3(O)C(=O)C1=C2O. The standard InChI is InChI=1S/C30H40N4O7S/c1-33(2)19-11-16(13-32-12-14-5-7-42-8-6-14)24(35)21-17(19)9-15-10-18-23(34(3)4)26(37)22(29(31)40)28(39)30(18,41)27(38)20(15)25(21)36/h11,14-15,18,23,32,35-36,39,41H,5-10,12-13H2,1-4H3,(H2,31,40)/t15-,18-,23?,30-/m0/s1. The molecule has 1 heterocycles. The van der Waals surface area contributed by atoms with Crippen molar-refractivity contribution in [3.63, 3.8) is 0 Å². The molecule has 1 saturated carbocycles. The second kappa shape index (κ2) is 11.2. The van der Waals surface area contributed by atoms with Crippen LogP contribution in [0.1, 0.15) is 36.0 Å². The number of aromatic hydroxyl groups is 1. The summed E-state index contributed by atoms with van der Waals surface area (Å²) in [6, 6.07) is 0.776. The third-order valence-electron chi connectivity index (χ3n) is 9.35. The van der Waals surface area contributed by atoms with Crippen molar-refractivity contribution < 1.29 is 34.8 Å². The monoisotopic (exact) mass is 600 g/mol. The molecule has 1 aromatic rings. The third-order valence-corrected chi connectivity index (χ3v) is 10.4. The zero-order valence-corrected chi connectivity index (χ0v) is 25.3. The molecule has 1 aliphatic heterocycles. The number of fused-ring (bicyclic) bond motifs is 3. The Bertz CT molecular complexity index is 1400. The van der Waals surface area contributed by atoms with Gasteiger partial charge in [0.25, 0.3) is 5.91 Å². The summed E-state index contributed by atoms with van der Waals surface area (Å²) in [5, 5.41) is 49.4. The van der Waals surface area contributed by atoms with Crippen LogP contribution in [0.3, 0.4) is 0 Å². The Morgan fingerprint density at radius 2 is 1.81 bits per heavy atom. The number of nitrogens with two attached hydrogens (primary N) is 1. The van der Waals surface area contributed by atoms with Crippen molar-refractivity contribution in [1.29, 1.82) is 0 Å². The number of likely N-dealkylation sites (N-methyl/N-ethyl adjacent to an activating group) is 1. The molecule has 5 rings (SSSR count). The summed E-state index contributed by atoms with van der Waals surface area (Å²) in [6.45, 7) is 1.16. The summed E-state index contributed by atoms with van der Waals surface area (Å²) >= 11 is 1.96. The fourth-order valence-electron chi connectivity index (χ4n) is 7.24. The number of anilines is 1. The van der Waals surface area contributed by atoms with E-state index in [1.54, 1.807) is 14.1 Å². The molecule has 3 aliphatic carbocycles. The largest absolute Gasteiger partial charge is 0.508 e. The van der Waals surface area contributed by atoms with Crippen molar-refractivity contribution in [3.8, 4) is 5.75 Å². The van der Waals surface area contributed by atoms with Gasteiger partial charge in [-0.05, 0) is 81.3 Å². The van der Waals surface area contributed by atoms with Crippen LogP contribution >= 0.6 is 11.8 Å². The van der Waals surface area contributed by atoms with Crippen molar-refractivity contribution in [1.82, 2.24) is 10.2 Å². The summed E-state index contributed by atoms with van der Waals surface area (Å²) in [6.07, 6.45) is 2.58. The highest BCUT2D eigenvalue weighted by molar-refractivity contribution is 7.99. The Hall–Kier alpha value is -3.06. The highest BCUT2D eigenvalue weighted by atomic mass is 32.2. The number of thioether (sulfide) groups is 1. The van der Waals surface area contributed by atoms with Crippen LogP contribution < -0.4 is 16.0 Å². The first-order chi connectivity index (χ1) is 19.8. The zero-order chi connectivity index (χ0) is 30.7. The second-order valence-electron chi connectivity index (χ2n) is 12.3. The molecule has 12 heteroatoms. The first kappa shape index (κ1) is 30.4. The molecular formula is C30H40N4O7S. The van der Waals surface area contributed by atoms with E-state index in [9.17, 15) is 34.8 Å². The number of hydrogen-bond acceptors (Lipinski definition) is 11. The molecule has 1 unspecified atom stereocenters. The van der Waals surface area contributed by atoms with Gasteiger partial charge in [0.15, 0.2) is 11.4 Å². The number of aliphatic hydroxyl groups excluding tert-OH is 2. The van der Waals surface area contributed by atoms with Gasteiger partial charge in [-0.3, -0.25) is 19.3 Å². The van der Waals surface area contributed by atoms with E-state index in [1.165, 1.54) is 4.90 Å². The van der Waals surface area contributed by atoms with Gasteiger partial charge in [-0.2, -0.15) is 11.8 Å². The van der Waals surface area contributed by atoms with E-state index in [0.29, 0.717) is 23.6 Å². The Balaban J connectivity index is 1.60. The van der Waals surface area contributed by atoms with Gasteiger partial charge in [-0.1, -0.05) is 0 Å². The first-order valence-electron chi connectivity index (χ1n) is 14.3. The number of ketones is 2. The van der Waals surface area contributed by atoms with E-state index in [0.717, 1.165) is 36.6 Å². The van der Waals surface area contributed by atoms with Crippen molar-refractivity contribution >= 4 is 40.7 Å². The van der Waals surface area contributed by atoms with Crippen LogP contribution in [-0.2, 0) is 27.3 Å². The van der Waals surface area contributed by atoms with Crippen molar-refractivity contribution in [3.05, 3.63) is 39.7 Å². The lowest BCUT2D eigenvalue weighted by atomic mass is 9.57. The maximum absolute atomic E-state index is 14.1. The second-order valence-corrected chi connectivity index (χ2v) is 13.5. The van der Waals surface area contributed by atoms with Gasteiger partial charge < -0.3 is 36.4 Å². The number of aliphatic hydroxyl groups is 3. The van der Waals surface area contributed by atoms with E-state index in [1.807, 2.05) is 36.8 Å². The van der Waals surface area contributed by atoms with Crippen molar-refractivity contribution in [2.24, 2.45) is 23.5 Å². The van der Waals surface area contributed by atoms with E-state index < -0.39 is 58.0 Å². The zero-order valence-electron chi connectivity index (χ0n) is 24.4. The third kappa shape index (κ3) is 4.68. The molecule has 1 saturated heterocycles. The lowest BCUT2D eigenvalue weighted by Crippen LogP contribution is -2.65. The molecule has 11 nitrogen and oxygen atoms in total. The molecule has 0 radical (unpaired) electrons. The molecule has 1 amide bonds. The molecule has 42 heavy (non-hydrogen) atoms. The molecule has 1 aromatic carbocycles. The average Bonchev–Trinajstić information content (AvgIpc) is 2.92. The first-order valence-corrected chi connectivity index (χ1v) is 15.4. The van der Waals surface area contributed by atoms with E-state index >= 15 is 0 Å². The number of primary amides is 1. The smallest absolute Gasteiger partial charge is 0.255 e. The van der Waals surface area contributed by atoms with Gasteiger partial charge >= 0.3 is 0 Å². The Labute approximate surface area is 249 Å². The molecule has 7 N–H and O–H groups in total. The molecule has 0 spiro atoms. The summed E-state index contributed by atoms with van der Waals surface area (Å²) in [7, 11) is 6.89. The predicted octanol–water partition coefficient (Wildman–Crippen LogP) is 1.26. The molecule has 0 bridgehead atoms. The minimum atomic E-state index is -2.65. The van der Waals surface area contributed by atoms with Gasteiger partial charge in [0, 0.05) is 43.4 Å². The van der Waals surface area contributed by atoms with Crippen LogP contribution in [0, 0.1) is 17.8 Å². The maximum atomic E-state index is 14.1. The van der Waals surface area contributed by atoms with E-state index in [2.05, 4.69) is 5.32 Å². The summed E-state index contributed by atoms with van der Waals surface area (Å²) in [5.74, 6) is -3.62. The van der Waals surface area contributed by atoms with Crippen LogP contribution in [-0.4, -0.2) is 101 Å². The van der Waals surface area contributed by atoms with Crippen LogP contribution in [0.2, 0.25) is 0 Å². The molecular weight excluding hydrogens is 560 g/mol. The quantitative estimate of drug-likeness (QED) is 0.249. The highest BCUT2D eigenvalue weighted by Gasteiger charge is 2.64. The number of carbonyl (C=O) groups excluding carboxylic acids is 3. The minimum absolute atomic E-state index is 0.0579. The Morgan fingerprint density at radius 1 is 1.14 bits per heavy atom. The number of phenols is 1. The number of phenolic OH excluding ortho intramolecular Hbond substituents is 1. The number of hydrogen-bond donors (Lipinski definition) is 6. The van der Waals surface area contributed by atoms with Gasteiger partial charge in [0.05, 0.1) is 11.6 Å². The van der Waals surface area contributed by atoms with Crippen LogP contribution in [0.4, 0.5) is 5.69 Å². The fraction of sp³-hybridized carbons (Fsp3) is 0.567. The number of amides is 1. The molecule has 4 atom stereocenters. The van der Waals surface area contributed by atoms with Crippen LogP contribution in [0.5, 0.6) is 5.75 Å². The lowest BCUT2D eigenvalue weighted by molar-refractivity contribution is -0.153. The number of nitrogens with zero attached hydrogens (tertiary/aromatic N) is 2. The minimum Gasteiger partial charge on any atom is -0.508 e. The van der Waals surface area contributed by atoms with Crippen molar-refractivity contribution in [2.75, 3.05) is 51.1 Å². The topological polar surface area (TPSA) is 177 Å². The predicted molar refractivity (Wildman–Crippen MR) is 160 cm³/mol. The molecule has 4 aliphatic rings. The van der Waals surface area contributed by atoms with Gasteiger partial charge in [-0.15, -0.1) is 0 Å². The molecule has 2 fully saturated rings. The van der Waals surface area contributed by atoms with Crippen LogP contribution in [0.15, 0.2) is 23.0 Å². The van der Waals surface area contributed by atoms with E-state index in [4.69, 9.17) is 5.73 Å². The molecule has 0 aromatic heterocycles. The highest BCUT2D eigenvalue weighted by Crippen LogP contribution is 2.54. The van der Waals surface area contributed by atoms with Crippen molar-refractivity contribution in [2.45, 2.75) is 43.9 Å². The van der Waals surface area contributed by atoms with Crippen LogP contribution in [0.25, 0.3) is 5.76 Å². The Morgan fingerprint density at radius 3 is 2.40 bits per heavy atom. The van der Waals surface area contributed by atoms with Gasteiger partial charge in [0.1, 0.15) is 22.8 Å². The maximum Gasteiger partial charge on any atom is 0.255 e. The number of carbonyl (C=O) groups is 3. The number of Topliss-reactive ketones (excluding diaryl/α,β-unsaturated/α-hetero) is 2. The van der Waals surface area contributed by atoms with Gasteiger partial charge in [0.2, 0.25) is 5.78 Å².